The van der Waals surface area contributed by atoms with Gasteiger partial charge >= 0.3 is 5.97 Å². The van der Waals surface area contributed by atoms with Crippen molar-refractivity contribution in [2.24, 2.45) is 5.41 Å². The summed E-state index contributed by atoms with van der Waals surface area (Å²) < 4.78 is 5.18. The van der Waals surface area contributed by atoms with E-state index < -0.39 is 5.60 Å². The molecule has 1 fully saturated rings. The Balaban J connectivity index is 2.32. The standard InChI is InChI=1S/C11H18N2O2/c1-10(2,3)15-9(14)4-5-11(6-12)7-13-8-11/h13H,4-5,7-8H2,1-3H3. The van der Waals surface area contributed by atoms with Crippen LogP contribution < -0.4 is 5.32 Å². The minimum Gasteiger partial charge on any atom is -0.460 e. The van der Waals surface area contributed by atoms with Crippen LogP contribution in [-0.4, -0.2) is 24.7 Å². The lowest BCUT2D eigenvalue weighted by molar-refractivity contribution is -0.155. The molecule has 0 aromatic heterocycles. The number of ether oxygens (including phenoxy) is 1. The first kappa shape index (κ1) is 12.0. The highest BCUT2D eigenvalue weighted by molar-refractivity contribution is 5.70. The molecule has 0 aromatic rings. The zero-order valence-electron chi connectivity index (χ0n) is 9.59. The van der Waals surface area contributed by atoms with Gasteiger partial charge in [-0.05, 0) is 27.2 Å². The summed E-state index contributed by atoms with van der Waals surface area (Å²) in [7, 11) is 0. The molecular formula is C11H18N2O2. The number of nitriles is 1. The predicted molar refractivity (Wildman–Crippen MR) is 56.0 cm³/mol. The van der Waals surface area contributed by atoms with Crippen molar-refractivity contribution >= 4 is 5.97 Å². The first-order valence-electron chi connectivity index (χ1n) is 5.21. The highest BCUT2D eigenvalue weighted by Crippen LogP contribution is 2.27. The molecule has 84 valence electrons. The molecule has 0 bridgehead atoms. The van der Waals surface area contributed by atoms with E-state index >= 15 is 0 Å². The molecule has 0 unspecified atom stereocenters. The number of nitrogens with zero attached hydrogens (tertiary/aromatic N) is 1. The van der Waals surface area contributed by atoms with Crippen LogP contribution in [0.3, 0.4) is 0 Å². The Kier molecular flexibility index (Phi) is 3.35. The Morgan fingerprint density at radius 1 is 1.53 bits per heavy atom. The Labute approximate surface area is 90.6 Å². The van der Waals surface area contributed by atoms with E-state index in [-0.39, 0.29) is 11.4 Å². The fourth-order valence-electron chi connectivity index (χ4n) is 1.47. The van der Waals surface area contributed by atoms with Crippen LogP contribution in [0, 0.1) is 16.7 Å². The SMILES string of the molecule is CC(C)(C)OC(=O)CCC1(C#N)CNC1. The van der Waals surface area contributed by atoms with Gasteiger partial charge in [-0.3, -0.25) is 4.79 Å². The molecule has 4 nitrogen and oxygen atoms in total. The van der Waals surface area contributed by atoms with Crippen molar-refractivity contribution in [2.45, 2.75) is 39.2 Å². The van der Waals surface area contributed by atoms with Crippen LogP contribution in [0.1, 0.15) is 33.6 Å². The van der Waals surface area contributed by atoms with E-state index in [2.05, 4.69) is 11.4 Å². The lowest BCUT2D eigenvalue weighted by Gasteiger charge is -2.36. The van der Waals surface area contributed by atoms with Crippen LogP contribution >= 0.6 is 0 Å². The number of hydrogen-bond donors (Lipinski definition) is 1. The topological polar surface area (TPSA) is 62.1 Å². The normalized spacial score (nSPS) is 18.8. The minimum atomic E-state index is -0.436. The summed E-state index contributed by atoms with van der Waals surface area (Å²) in [4.78, 5) is 11.4. The summed E-state index contributed by atoms with van der Waals surface area (Å²) in [6.07, 6.45) is 0.915. The molecule has 0 spiro atoms. The summed E-state index contributed by atoms with van der Waals surface area (Å²) >= 11 is 0. The number of hydrogen-bond acceptors (Lipinski definition) is 4. The lowest BCUT2D eigenvalue weighted by atomic mass is 9.79. The largest absolute Gasteiger partial charge is 0.460 e. The van der Waals surface area contributed by atoms with E-state index in [1.54, 1.807) is 0 Å². The maximum Gasteiger partial charge on any atom is 0.306 e. The van der Waals surface area contributed by atoms with Crippen molar-refractivity contribution < 1.29 is 9.53 Å². The molecule has 1 heterocycles. The van der Waals surface area contributed by atoms with Crippen LogP contribution in [0.5, 0.6) is 0 Å². The summed E-state index contributed by atoms with van der Waals surface area (Å²) in [5.41, 5.74) is -0.772. The van der Waals surface area contributed by atoms with Crippen molar-refractivity contribution in [3.05, 3.63) is 0 Å². The van der Waals surface area contributed by atoms with Crippen molar-refractivity contribution in [3.8, 4) is 6.07 Å². The fraction of sp³-hybridized carbons (Fsp3) is 0.818. The second kappa shape index (κ2) is 4.19. The first-order valence-corrected chi connectivity index (χ1v) is 5.21. The zero-order valence-corrected chi connectivity index (χ0v) is 9.59. The summed E-state index contributed by atoms with van der Waals surface area (Å²) in [6.45, 7) is 6.90. The van der Waals surface area contributed by atoms with Gasteiger partial charge in [-0.1, -0.05) is 0 Å². The van der Waals surface area contributed by atoms with E-state index in [1.807, 2.05) is 20.8 Å². The Bertz CT molecular complexity index is 282. The van der Waals surface area contributed by atoms with Gasteiger partial charge in [0.05, 0.1) is 11.5 Å². The third-order valence-electron chi connectivity index (χ3n) is 2.39. The van der Waals surface area contributed by atoms with Crippen LogP contribution in [-0.2, 0) is 9.53 Å². The third-order valence-corrected chi connectivity index (χ3v) is 2.39. The molecule has 0 saturated carbocycles. The molecule has 0 aliphatic carbocycles. The molecule has 0 radical (unpaired) electrons. The maximum absolute atomic E-state index is 11.4. The molecule has 4 heteroatoms. The number of esters is 1. The average molecular weight is 210 g/mol. The molecule has 0 atom stereocenters. The van der Waals surface area contributed by atoms with Gasteiger partial charge in [0.15, 0.2) is 0 Å². The van der Waals surface area contributed by atoms with Crippen molar-refractivity contribution in [2.75, 3.05) is 13.1 Å². The average Bonchev–Trinajstić information content (AvgIpc) is 1.99. The van der Waals surface area contributed by atoms with Gasteiger partial charge < -0.3 is 10.1 Å². The monoisotopic (exact) mass is 210 g/mol. The highest BCUT2D eigenvalue weighted by Gasteiger charge is 2.37. The van der Waals surface area contributed by atoms with Crippen LogP contribution in [0.4, 0.5) is 0 Å². The Morgan fingerprint density at radius 2 is 2.13 bits per heavy atom. The van der Waals surface area contributed by atoms with Gasteiger partial charge in [-0.15, -0.1) is 0 Å². The number of rotatable bonds is 3. The van der Waals surface area contributed by atoms with Gasteiger partial charge in [0, 0.05) is 19.5 Å². The maximum atomic E-state index is 11.4. The van der Waals surface area contributed by atoms with Gasteiger partial charge in [0.2, 0.25) is 0 Å². The van der Waals surface area contributed by atoms with Gasteiger partial charge in [-0.25, -0.2) is 0 Å². The van der Waals surface area contributed by atoms with Crippen molar-refractivity contribution in [3.63, 3.8) is 0 Å². The minimum absolute atomic E-state index is 0.218. The molecule has 0 aromatic carbocycles. The summed E-state index contributed by atoms with van der Waals surface area (Å²) in [5, 5.41) is 12.0. The molecule has 1 aliphatic rings. The number of carbonyl (C=O) groups excluding carboxylic acids is 1. The zero-order chi connectivity index (χ0) is 11.5. The van der Waals surface area contributed by atoms with Gasteiger partial charge in [-0.2, -0.15) is 5.26 Å². The predicted octanol–water partition coefficient (Wildman–Crippen LogP) is 1.22. The molecule has 1 rings (SSSR count). The second-order valence-electron chi connectivity index (χ2n) is 5.08. The third kappa shape index (κ3) is 3.52. The first-order chi connectivity index (χ1) is 6.87. The molecule has 15 heavy (non-hydrogen) atoms. The Hall–Kier alpha value is -1.08. The van der Waals surface area contributed by atoms with Crippen molar-refractivity contribution in [1.82, 2.24) is 5.32 Å². The van der Waals surface area contributed by atoms with E-state index in [1.165, 1.54) is 0 Å². The highest BCUT2D eigenvalue weighted by atomic mass is 16.6. The van der Waals surface area contributed by atoms with Gasteiger partial charge in [0.25, 0.3) is 0 Å². The molecule has 1 N–H and O–H groups in total. The second-order valence-corrected chi connectivity index (χ2v) is 5.08. The van der Waals surface area contributed by atoms with Gasteiger partial charge in [0.1, 0.15) is 5.60 Å². The van der Waals surface area contributed by atoms with Crippen LogP contribution in [0.2, 0.25) is 0 Å². The molecule has 1 aliphatic heterocycles. The van der Waals surface area contributed by atoms with E-state index in [9.17, 15) is 4.79 Å². The number of carbonyl (C=O) groups is 1. The molecule has 0 amide bonds. The summed E-state index contributed by atoms with van der Waals surface area (Å²) in [6, 6.07) is 2.26. The quantitative estimate of drug-likeness (QED) is 0.711. The van der Waals surface area contributed by atoms with E-state index in [4.69, 9.17) is 10.00 Å². The fourth-order valence-corrected chi connectivity index (χ4v) is 1.47. The smallest absolute Gasteiger partial charge is 0.306 e. The summed E-state index contributed by atoms with van der Waals surface area (Å²) in [5.74, 6) is -0.218. The lowest BCUT2D eigenvalue weighted by Crippen LogP contribution is -2.52. The molecular weight excluding hydrogens is 192 g/mol. The number of nitrogens with one attached hydrogen (secondary N) is 1. The van der Waals surface area contributed by atoms with Crippen molar-refractivity contribution in [1.29, 1.82) is 5.26 Å². The van der Waals surface area contributed by atoms with Crippen LogP contribution in [0.15, 0.2) is 0 Å². The molecule has 1 saturated heterocycles. The van der Waals surface area contributed by atoms with E-state index in [0.29, 0.717) is 25.9 Å². The Morgan fingerprint density at radius 3 is 2.47 bits per heavy atom. The van der Waals surface area contributed by atoms with Crippen LogP contribution in [0.25, 0.3) is 0 Å². The van der Waals surface area contributed by atoms with E-state index in [0.717, 1.165) is 0 Å².